The maximum absolute atomic E-state index is 12.5. The maximum atomic E-state index is 12.5. The molecule has 7 heteroatoms. The van der Waals surface area contributed by atoms with Crippen molar-refractivity contribution in [2.75, 3.05) is 13.1 Å². The van der Waals surface area contributed by atoms with Crippen molar-refractivity contribution in [2.45, 2.75) is 50.5 Å². The Morgan fingerprint density at radius 2 is 1.83 bits per heavy atom. The second kappa shape index (κ2) is 9.28. The fraction of sp³-hybridized carbons (Fsp3) is 0.409. The van der Waals surface area contributed by atoms with E-state index in [0.717, 1.165) is 29.0 Å². The number of fused-ring (bicyclic) bond motifs is 1. The van der Waals surface area contributed by atoms with Gasteiger partial charge < -0.3 is 5.32 Å². The van der Waals surface area contributed by atoms with Crippen molar-refractivity contribution in [3.8, 4) is 0 Å². The molecule has 0 spiro atoms. The number of rotatable bonds is 8. The van der Waals surface area contributed by atoms with Crippen LogP contribution in [0.15, 0.2) is 47.4 Å². The molecule has 1 atom stereocenters. The van der Waals surface area contributed by atoms with Gasteiger partial charge in [0.1, 0.15) is 0 Å². The topological polar surface area (TPSA) is 66.5 Å². The number of carbonyl (C=O) groups is 1. The lowest BCUT2D eigenvalue weighted by molar-refractivity contribution is -0.121. The second-order valence-electron chi connectivity index (χ2n) is 7.24. The maximum Gasteiger partial charge on any atom is 0.243 e. The number of carbonyl (C=O) groups excluding carboxylic acids is 1. The Kier molecular flexibility index (Phi) is 6.98. The molecule has 0 heterocycles. The third-order valence-electron chi connectivity index (χ3n) is 5.43. The van der Waals surface area contributed by atoms with E-state index >= 15 is 0 Å². The minimum atomic E-state index is -3.45. The van der Waals surface area contributed by atoms with E-state index in [1.165, 1.54) is 9.87 Å². The molecule has 0 aromatic heterocycles. The number of hydrogen-bond donors (Lipinski definition) is 1. The first-order valence-electron chi connectivity index (χ1n) is 10.0. The molecule has 156 valence electrons. The summed E-state index contributed by atoms with van der Waals surface area (Å²) < 4.78 is 26.5. The Morgan fingerprint density at radius 1 is 1.14 bits per heavy atom. The van der Waals surface area contributed by atoms with Gasteiger partial charge >= 0.3 is 0 Å². The Hall–Kier alpha value is -1.89. The smallest absolute Gasteiger partial charge is 0.243 e. The molecule has 1 N–H and O–H groups in total. The summed E-state index contributed by atoms with van der Waals surface area (Å²) in [5.74, 6) is -0.00219. The van der Waals surface area contributed by atoms with Gasteiger partial charge in [0.2, 0.25) is 15.9 Å². The van der Waals surface area contributed by atoms with Crippen LogP contribution in [0.3, 0.4) is 0 Å². The lowest BCUT2D eigenvalue weighted by atomic mass is 10.1. The minimum absolute atomic E-state index is 0.00219. The van der Waals surface area contributed by atoms with E-state index in [-0.39, 0.29) is 16.8 Å². The van der Waals surface area contributed by atoms with Gasteiger partial charge in [0.15, 0.2) is 0 Å². The highest BCUT2D eigenvalue weighted by Gasteiger charge is 2.24. The molecule has 5 nitrogen and oxygen atoms in total. The normalized spacial score (nSPS) is 16.1. The Labute approximate surface area is 178 Å². The van der Waals surface area contributed by atoms with Crippen molar-refractivity contribution in [3.63, 3.8) is 0 Å². The zero-order valence-electron chi connectivity index (χ0n) is 16.8. The highest BCUT2D eigenvalue weighted by Crippen LogP contribution is 2.32. The van der Waals surface area contributed by atoms with Gasteiger partial charge in [-0.05, 0) is 60.2 Å². The largest absolute Gasteiger partial charge is 0.349 e. The second-order valence-corrected chi connectivity index (χ2v) is 9.61. The van der Waals surface area contributed by atoms with E-state index in [2.05, 4.69) is 5.32 Å². The van der Waals surface area contributed by atoms with E-state index in [9.17, 15) is 13.2 Å². The van der Waals surface area contributed by atoms with E-state index in [1.807, 2.05) is 32.0 Å². The summed E-state index contributed by atoms with van der Waals surface area (Å²) in [5, 5.41) is 3.83. The Morgan fingerprint density at radius 3 is 2.48 bits per heavy atom. The summed E-state index contributed by atoms with van der Waals surface area (Å²) in [5.41, 5.74) is 3.29. The van der Waals surface area contributed by atoms with Crippen molar-refractivity contribution in [2.24, 2.45) is 0 Å². The predicted octanol–water partition coefficient (Wildman–Crippen LogP) is 4.11. The number of aryl methyl sites for hydroxylation is 2. The lowest BCUT2D eigenvalue weighted by Crippen LogP contribution is -2.30. The number of halogens is 1. The Bertz CT molecular complexity index is 970. The van der Waals surface area contributed by atoms with Crippen LogP contribution in [0, 0.1) is 0 Å². The molecular weight excluding hydrogens is 408 g/mol. The number of benzene rings is 2. The summed E-state index contributed by atoms with van der Waals surface area (Å²) >= 11 is 6.04. The van der Waals surface area contributed by atoms with Crippen LogP contribution in [0.1, 0.15) is 49.4 Å². The van der Waals surface area contributed by atoms with E-state index in [1.54, 1.807) is 24.3 Å². The van der Waals surface area contributed by atoms with Crippen molar-refractivity contribution in [1.29, 1.82) is 0 Å². The zero-order valence-corrected chi connectivity index (χ0v) is 18.4. The first-order chi connectivity index (χ1) is 13.8. The average molecular weight is 435 g/mol. The molecule has 0 saturated heterocycles. The molecule has 0 bridgehead atoms. The molecule has 29 heavy (non-hydrogen) atoms. The predicted molar refractivity (Wildman–Crippen MR) is 116 cm³/mol. The van der Waals surface area contributed by atoms with Crippen molar-refractivity contribution in [3.05, 3.63) is 64.2 Å². The molecular formula is C22H27ClN2O3S. The molecule has 2 aromatic rings. The number of hydrogen-bond acceptors (Lipinski definition) is 3. The molecule has 3 rings (SSSR count). The van der Waals surface area contributed by atoms with Crippen LogP contribution in [-0.2, 0) is 27.7 Å². The first kappa shape index (κ1) is 21.8. The highest BCUT2D eigenvalue weighted by atomic mass is 35.5. The molecule has 0 aliphatic heterocycles. The van der Waals surface area contributed by atoms with Crippen LogP contribution < -0.4 is 5.32 Å². The molecule has 0 fully saturated rings. The quantitative estimate of drug-likeness (QED) is 0.679. The van der Waals surface area contributed by atoms with Gasteiger partial charge in [-0.15, -0.1) is 0 Å². The van der Waals surface area contributed by atoms with Crippen molar-refractivity contribution in [1.82, 2.24) is 9.62 Å². The summed E-state index contributed by atoms with van der Waals surface area (Å²) in [6.45, 7) is 4.53. The standard InChI is InChI=1S/C22H27ClN2O3S/c1-3-25(4-2)29(27,28)19-10-5-16(6-11-19)7-14-22(26)24-21-13-8-17-15-18(23)9-12-20(17)21/h5-6,9-12,15,21H,3-4,7-8,13-14H2,1-2H3,(H,24,26). The minimum Gasteiger partial charge on any atom is -0.349 e. The summed E-state index contributed by atoms with van der Waals surface area (Å²) in [7, 11) is -3.45. The molecule has 1 aliphatic carbocycles. The van der Waals surface area contributed by atoms with Crippen LogP contribution in [0.2, 0.25) is 5.02 Å². The Balaban J connectivity index is 1.56. The SMILES string of the molecule is CCN(CC)S(=O)(=O)c1ccc(CCC(=O)NC2CCc3cc(Cl)ccc32)cc1. The van der Waals surface area contributed by atoms with Gasteiger partial charge in [-0.3, -0.25) is 4.79 Å². The van der Waals surface area contributed by atoms with Crippen LogP contribution in [0.4, 0.5) is 0 Å². The van der Waals surface area contributed by atoms with Crippen molar-refractivity contribution >= 4 is 27.5 Å². The van der Waals surface area contributed by atoms with Crippen LogP contribution in [-0.4, -0.2) is 31.7 Å². The summed E-state index contributed by atoms with van der Waals surface area (Å²) in [6, 6.07) is 12.7. The number of sulfonamides is 1. The van der Waals surface area contributed by atoms with Gasteiger partial charge in [0, 0.05) is 24.5 Å². The molecule has 1 aliphatic rings. The zero-order chi connectivity index (χ0) is 21.0. The van der Waals surface area contributed by atoms with Gasteiger partial charge in [0.05, 0.1) is 10.9 Å². The molecule has 0 saturated carbocycles. The third-order valence-corrected chi connectivity index (χ3v) is 7.72. The summed E-state index contributed by atoms with van der Waals surface area (Å²) in [6.07, 6.45) is 2.74. The fourth-order valence-electron chi connectivity index (χ4n) is 3.80. The number of nitrogens with zero attached hydrogens (tertiary/aromatic N) is 1. The molecule has 2 aromatic carbocycles. The van der Waals surface area contributed by atoms with Crippen LogP contribution in [0.5, 0.6) is 0 Å². The highest BCUT2D eigenvalue weighted by molar-refractivity contribution is 7.89. The van der Waals surface area contributed by atoms with Gasteiger partial charge in [-0.2, -0.15) is 4.31 Å². The number of amides is 1. The first-order valence-corrected chi connectivity index (χ1v) is 11.8. The van der Waals surface area contributed by atoms with Gasteiger partial charge in [0.25, 0.3) is 0 Å². The fourth-order valence-corrected chi connectivity index (χ4v) is 5.45. The number of nitrogens with one attached hydrogen (secondary N) is 1. The molecule has 1 amide bonds. The van der Waals surface area contributed by atoms with Crippen LogP contribution >= 0.6 is 11.6 Å². The van der Waals surface area contributed by atoms with Crippen molar-refractivity contribution < 1.29 is 13.2 Å². The van der Waals surface area contributed by atoms with E-state index < -0.39 is 10.0 Å². The van der Waals surface area contributed by atoms with Crippen LogP contribution in [0.25, 0.3) is 0 Å². The average Bonchev–Trinajstić information content (AvgIpc) is 3.09. The molecule has 1 unspecified atom stereocenters. The van der Waals surface area contributed by atoms with Gasteiger partial charge in [-0.25, -0.2) is 8.42 Å². The molecule has 0 radical (unpaired) electrons. The van der Waals surface area contributed by atoms with E-state index in [0.29, 0.717) is 25.9 Å². The summed E-state index contributed by atoms with van der Waals surface area (Å²) in [4.78, 5) is 12.7. The third kappa shape index (κ3) is 5.00. The van der Waals surface area contributed by atoms with Gasteiger partial charge in [-0.1, -0.05) is 43.6 Å². The van der Waals surface area contributed by atoms with E-state index in [4.69, 9.17) is 11.6 Å². The lowest BCUT2D eigenvalue weighted by Gasteiger charge is -2.18. The monoisotopic (exact) mass is 434 g/mol.